The summed E-state index contributed by atoms with van der Waals surface area (Å²) < 4.78 is 1.76. The summed E-state index contributed by atoms with van der Waals surface area (Å²) in [7, 11) is 1.84. The van der Waals surface area contributed by atoms with Gasteiger partial charge >= 0.3 is 0 Å². The average molecular weight is 318 g/mol. The number of carbonyl (C=O) groups excluding carboxylic acids is 1. The van der Waals surface area contributed by atoms with Gasteiger partial charge in [-0.2, -0.15) is 16.4 Å². The summed E-state index contributed by atoms with van der Waals surface area (Å²) in [5.74, 6) is 0.566. The molecule has 1 saturated heterocycles. The maximum atomic E-state index is 12.3. The van der Waals surface area contributed by atoms with Crippen molar-refractivity contribution in [3.8, 4) is 0 Å². The quantitative estimate of drug-likeness (QED) is 0.918. The van der Waals surface area contributed by atoms with E-state index in [2.05, 4.69) is 21.9 Å². The van der Waals surface area contributed by atoms with Crippen molar-refractivity contribution in [1.29, 1.82) is 0 Å². The lowest BCUT2D eigenvalue weighted by molar-refractivity contribution is -0.131. The van der Waals surface area contributed by atoms with Crippen LogP contribution in [0.2, 0.25) is 0 Å². The van der Waals surface area contributed by atoms with Crippen LogP contribution in [-0.4, -0.2) is 40.7 Å². The number of thiophene rings is 1. The van der Waals surface area contributed by atoms with Crippen LogP contribution >= 0.6 is 11.3 Å². The van der Waals surface area contributed by atoms with Gasteiger partial charge in [0, 0.05) is 32.3 Å². The van der Waals surface area contributed by atoms with E-state index in [4.69, 9.17) is 0 Å². The second kappa shape index (κ2) is 7.07. The molecular weight excluding hydrogens is 296 g/mol. The molecule has 3 rings (SSSR count). The van der Waals surface area contributed by atoms with Gasteiger partial charge in [-0.15, -0.1) is 0 Å². The first kappa shape index (κ1) is 15.2. The van der Waals surface area contributed by atoms with Crippen LogP contribution in [-0.2, 0) is 17.9 Å². The minimum absolute atomic E-state index is 0.0858. The van der Waals surface area contributed by atoms with Gasteiger partial charge in [-0.3, -0.25) is 9.48 Å². The molecule has 0 spiro atoms. The zero-order valence-corrected chi connectivity index (χ0v) is 13.7. The minimum Gasteiger partial charge on any atom is -0.340 e. The van der Waals surface area contributed by atoms with E-state index in [1.54, 1.807) is 20.9 Å². The molecule has 1 amide bonds. The maximum absolute atomic E-state index is 12.3. The van der Waals surface area contributed by atoms with Gasteiger partial charge in [-0.1, -0.05) is 0 Å². The number of piperidine rings is 1. The number of rotatable bonds is 5. The fourth-order valence-electron chi connectivity index (χ4n) is 2.79. The lowest BCUT2D eigenvalue weighted by atomic mass is 9.97. The third kappa shape index (κ3) is 3.75. The Hall–Kier alpha value is -1.66. The monoisotopic (exact) mass is 318 g/mol. The van der Waals surface area contributed by atoms with E-state index in [-0.39, 0.29) is 5.91 Å². The molecule has 1 fully saturated rings. The van der Waals surface area contributed by atoms with Gasteiger partial charge in [0.2, 0.25) is 5.91 Å². The molecular formula is C16H22N4OS. The average Bonchev–Trinajstić information content (AvgIpc) is 3.20. The van der Waals surface area contributed by atoms with Crippen LogP contribution in [0, 0.1) is 0 Å². The molecule has 0 saturated carbocycles. The molecule has 22 heavy (non-hydrogen) atoms. The van der Waals surface area contributed by atoms with E-state index in [1.165, 1.54) is 18.4 Å². The first-order valence-electron chi connectivity index (χ1n) is 7.71. The SMILES string of the molecule is CN(Cc1ccsc1)C(=O)Cn1ccc([C@@H]2CCCNC2)n1. The fourth-order valence-corrected chi connectivity index (χ4v) is 3.45. The number of aromatic nitrogens is 2. The summed E-state index contributed by atoms with van der Waals surface area (Å²) in [6.07, 6.45) is 4.29. The van der Waals surface area contributed by atoms with E-state index in [0.29, 0.717) is 19.0 Å². The highest BCUT2D eigenvalue weighted by atomic mass is 32.1. The predicted octanol–water partition coefficient (Wildman–Crippen LogP) is 2.07. The molecule has 0 aromatic carbocycles. The predicted molar refractivity (Wildman–Crippen MR) is 87.9 cm³/mol. The Labute approximate surface area is 134 Å². The van der Waals surface area contributed by atoms with Gasteiger partial charge in [-0.05, 0) is 47.8 Å². The normalized spacial score (nSPS) is 18.3. The number of likely N-dealkylation sites (N-methyl/N-ethyl adjacent to an activating group) is 1. The minimum atomic E-state index is 0.0858. The van der Waals surface area contributed by atoms with Crippen molar-refractivity contribution in [2.24, 2.45) is 0 Å². The van der Waals surface area contributed by atoms with Crippen molar-refractivity contribution < 1.29 is 4.79 Å². The van der Waals surface area contributed by atoms with Crippen molar-refractivity contribution >= 4 is 17.2 Å². The molecule has 1 aliphatic heterocycles. The van der Waals surface area contributed by atoms with Gasteiger partial charge in [0.1, 0.15) is 6.54 Å². The van der Waals surface area contributed by atoms with Crippen molar-refractivity contribution in [3.63, 3.8) is 0 Å². The number of hydrogen-bond donors (Lipinski definition) is 1. The number of carbonyl (C=O) groups is 1. The summed E-state index contributed by atoms with van der Waals surface area (Å²) in [6.45, 7) is 3.05. The standard InChI is InChI=1S/C16H22N4OS/c1-19(10-13-5-8-22-12-13)16(21)11-20-7-4-15(18-20)14-3-2-6-17-9-14/h4-5,7-8,12,14,17H,2-3,6,9-11H2,1H3/t14-/m1/s1. The molecule has 1 aliphatic rings. The molecule has 5 nitrogen and oxygen atoms in total. The second-order valence-electron chi connectivity index (χ2n) is 5.86. The largest absolute Gasteiger partial charge is 0.340 e. The fraction of sp³-hybridized carbons (Fsp3) is 0.500. The Morgan fingerprint density at radius 1 is 1.55 bits per heavy atom. The van der Waals surface area contributed by atoms with Crippen LogP contribution in [0.1, 0.15) is 30.0 Å². The Morgan fingerprint density at radius 3 is 3.18 bits per heavy atom. The highest BCUT2D eigenvalue weighted by molar-refractivity contribution is 7.07. The van der Waals surface area contributed by atoms with E-state index in [1.807, 2.05) is 24.7 Å². The van der Waals surface area contributed by atoms with Crippen molar-refractivity contribution in [2.45, 2.75) is 31.8 Å². The Kier molecular flexibility index (Phi) is 4.90. The molecule has 0 aliphatic carbocycles. The van der Waals surface area contributed by atoms with Gasteiger partial charge < -0.3 is 10.2 Å². The van der Waals surface area contributed by atoms with Gasteiger partial charge in [-0.25, -0.2) is 0 Å². The van der Waals surface area contributed by atoms with Crippen molar-refractivity contribution in [2.75, 3.05) is 20.1 Å². The number of nitrogens with one attached hydrogen (secondary N) is 1. The molecule has 0 radical (unpaired) electrons. The van der Waals surface area contributed by atoms with Crippen molar-refractivity contribution in [1.82, 2.24) is 20.0 Å². The highest BCUT2D eigenvalue weighted by Gasteiger charge is 2.18. The molecule has 2 aromatic heterocycles. The molecule has 1 N–H and O–H groups in total. The molecule has 0 bridgehead atoms. The molecule has 0 unspecified atom stereocenters. The second-order valence-corrected chi connectivity index (χ2v) is 6.64. The molecule has 3 heterocycles. The van der Waals surface area contributed by atoms with Gasteiger partial charge in [0.05, 0.1) is 5.69 Å². The van der Waals surface area contributed by atoms with E-state index < -0.39 is 0 Å². The number of amides is 1. The van der Waals surface area contributed by atoms with Gasteiger partial charge in [0.15, 0.2) is 0 Å². The summed E-state index contributed by atoms with van der Waals surface area (Å²) >= 11 is 1.65. The first-order chi connectivity index (χ1) is 10.7. The van der Waals surface area contributed by atoms with E-state index in [0.717, 1.165) is 18.8 Å². The third-order valence-corrected chi connectivity index (χ3v) is 4.83. The summed E-state index contributed by atoms with van der Waals surface area (Å²) in [5.41, 5.74) is 2.27. The van der Waals surface area contributed by atoms with Crippen LogP contribution in [0.15, 0.2) is 29.1 Å². The maximum Gasteiger partial charge on any atom is 0.244 e. The number of hydrogen-bond acceptors (Lipinski definition) is 4. The van der Waals surface area contributed by atoms with Crippen molar-refractivity contribution in [3.05, 3.63) is 40.3 Å². The van der Waals surface area contributed by atoms with E-state index in [9.17, 15) is 4.79 Å². The molecule has 1 atom stereocenters. The molecule has 118 valence electrons. The highest BCUT2D eigenvalue weighted by Crippen LogP contribution is 2.21. The van der Waals surface area contributed by atoms with Crippen LogP contribution < -0.4 is 5.32 Å². The Bertz CT molecular complexity index is 601. The zero-order chi connectivity index (χ0) is 15.4. The van der Waals surface area contributed by atoms with Crippen LogP contribution in [0.4, 0.5) is 0 Å². The summed E-state index contributed by atoms with van der Waals surface area (Å²) in [4.78, 5) is 14.0. The van der Waals surface area contributed by atoms with Crippen LogP contribution in [0.3, 0.4) is 0 Å². The lowest BCUT2D eigenvalue weighted by Gasteiger charge is -2.20. The first-order valence-corrected chi connectivity index (χ1v) is 8.66. The van der Waals surface area contributed by atoms with Crippen LogP contribution in [0.25, 0.3) is 0 Å². The van der Waals surface area contributed by atoms with Gasteiger partial charge in [0.25, 0.3) is 0 Å². The zero-order valence-electron chi connectivity index (χ0n) is 12.9. The number of nitrogens with zero attached hydrogens (tertiary/aromatic N) is 3. The summed E-state index contributed by atoms with van der Waals surface area (Å²) in [6, 6.07) is 4.10. The molecule has 6 heteroatoms. The lowest BCUT2D eigenvalue weighted by Crippen LogP contribution is -2.30. The molecule has 2 aromatic rings. The summed E-state index contributed by atoms with van der Waals surface area (Å²) in [5, 5.41) is 12.1. The topological polar surface area (TPSA) is 50.2 Å². The Morgan fingerprint density at radius 2 is 2.45 bits per heavy atom. The third-order valence-electron chi connectivity index (χ3n) is 4.10. The Balaban J connectivity index is 1.56. The van der Waals surface area contributed by atoms with Crippen LogP contribution in [0.5, 0.6) is 0 Å². The van der Waals surface area contributed by atoms with E-state index >= 15 is 0 Å². The smallest absolute Gasteiger partial charge is 0.244 e.